The van der Waals surface area contributed by atoms with E-state index < -0.39 is 30.3 Å². The Hall–Kier alpha value is -1.37. The average Bonchev–Trinajstić information content (AvgIpc) is 2.92. The van der Waals surface area contributed by atoms with Gasteiger partial charge in [-0.1, -0.05) is 23.8 Å². The Balaban J connectivity index is 2.19. The molecule has 140 valence electrons. The molecule has 0 aromatic carbocycles. The molecular formula is C18H25ClO6. The average molecular weight is 373 g/mol. The van der Waals surface area contributed by atoms with Gasteiger partial charge in [-0.3, -0.25) is 9.59 Å². The molecular weight excluding hydrogens is 348 g/mol. The maximum atomic E-state index is 12.3. The number of hydrogen-bond donors (Lipinski definition) is 1. The van der Waals surface area contributed by atoms with Crippen LogP contribution in [0.5, 0.6) is 0 Å². The first-order chi connectivity index (χ1) is 11.9. The molecule has 1 N–H and O–H groups in total. The van der Waals surface area contributed by atoms with Crippen molar-refractivity contribution in [3.63, 3.8) is 0 Å². The van der Waals surface area contributed by atoms with Gasteiger partial charge in [0, 0.05) is 18.4 Å². The summed E-state index contributed by atoms with van der Waals surface area (Å²) in [5.74, 6) is -0.935. The minimum absolute atomic E-state index is 0.0708. The molecule has 25 heavy (non-hydrogen) atoms. The third-order valence-corrected chi connectivity index (χ3v) is 4.74. The van der Waals surface area contributed by atoms with Crippen molar-refractivity contribution in [1.82, 2.24) is 0 Å². The van der Waals surface area contributed by atoms with Gasteiger partial charge in [-0.05, 0) is 31.8 Å². The van der Waals surface area contributed by atoms with Crippen molar-refractivity contribution in [3.05, 3.63) is 22.8 Å². The van der Waals surface area contributed by atoms with E-state index in [2.05, 4.69) is 0 Å². The van der Waals surface area contributed by atoms with Crippen molar-refractivity contribution in [1.29, 1.82) is 0 Å². The molecule has 4 atom stereocenters. The van der Waals surface area contributed by atoms with Crippen LogP contribution in [0.1, 0.15) is 46.0 Å². The van der Waals surface area contributed by atoms with Gasteiger partial charge < -0.3 is 19.3 Å². The number of aliphatic hydroxyl groups is 1. The van der Waals surface area contributed by atoms with Crippen LogP contribution in [-0.4, -0.2) is 48.1 Å². The number of esters is 2. The predicted molar refractivity (Wildman–Crippen MR) is 92.0 cm³/mol. The first-order valence-electron chi connectivity index (χ1n) is 8.53. The van der Waals surface area contributed by atoms with E-state index in [4.69, 9.17) is 25.8 Å². The van der Waals surface area contributed by atoms with Crippen LogP contribution in [0.15, 0.2) is 22.8 Å². The number of hydrogen-bond acceptors (Lipinski definition) is 6. The Kier molecular flexibility index (Phi) is 7.47. The SMILES string of the molecule is CC(=O)O[C@@H]1CC(=O)O[C@@H]2C[C@@H](CC/C(Cl)=C/C/C=C\1C)O[C@@H]2CO. The van der Waals surface area contributed by atoms with Gasteiger partial charge in [0.2, 0.25) is 0 Å². The smallest absolute Gasteiger partial charge is 0.310 e. The maximum Gasteiger partial charge on any atom is 0.310 e. The van der Waals surface area contributed by atoms with Crippen LogP contribution >= 0.6 is 11.6 Å². The fourth-order valence-corrected chi connectivity index (χ4v) is 3.24. The molecule has 7 heteroatoms. The molecule has 6 nitrogen and oxygen atoms in total. The van der Waals surface area contributed by atoms with Crippen molar-refractivity contribution < 1.29 is 28.9 Å². The molecule has 0 spiro atoms. The monoisotopic (exact) mass is 372 g/mol. The number of allylic oxidation sites excluding steroid dienone is 3. The summed E-state index contributed by atoms with van der Waals surface area (Å²) in [6, 6.07) is 0. The van der Waals surface area contributed by atoms with Crippen molar-refractivity contribution in [2.24, 2.45) is 0 Å². The molecule has 2 heterocycles. The number of halogens is 1. The van der Waals surface area contributed by atoms with Gasteiger partial charge in [-0.2, -0.15) is 0 Å². The van der Waals surface area contributed by atoms with Crippen LogP contribution in [0.2, 0.25) is 0 Å². The highest BCUT2D eigenvalue weighted by molar-refractivity contribution is 6.29. The van der Waals surface area contributed by atoms with E-state index in [1.165, 1.54) is 6.92 Å². The molecule has 0 amide bonds. The van der Waals surface area contributed by atoms with E-state index in [1.807, 2.05) is 12.2 Å². The molecule has 2 bridgehead atoms. The first-order valence-corrected chi connectivity index (χ1v) is 8.91. The summed E-state index contributed by atoms with van der Waals surface area (Å²) < 4.78 is 16.5. The number of ether oxygens (including phenoxy) is 3. The largest absolute Gasteiger partial charge is 0.459 e. The highest BCUT2D eigenvalue weighted by Crippen LogP contribution is 2.29. The number of fused-ring (bicyclic) bond motifs is 2. The van der Waals surface area contributed by atoms with Gasteiger partial charge in [0.15, 0.2) is 0 Å². The molecule has 0 aromatic rings. The Morgan fingerprint density at radius 2 is 2.20 bits per heavy atom. The molecule has 1 fully saturated rings. The topological polar surface area (TPSA) is 82.1 Å². The molecule has 0 radical (unpaired) electrons. The normalized spacial score (nSPS) is 35.6. The summed E-state index contributed by atoms with van der Waals surface area (Å²) >= 11 is 6.24. The zero-order valence-electron chi connectivity index (χ0n) is 14.6. The lowest BCUT2D eigenvalue weighted by Crippen LogP contribution is -2.32. The van der Waals surface area contributed by atoms with E-state index in [0.29, 0.717) is 25.7 Å². The van der Waals surface area contributed by atoms with Crippen LogP contribution < -0.4 is 0 Å². The second-order valence-corrected chi connectivity index (χ2v) is 6.90. The molecule has 2 aliphatic rings. The highest BCUT2D eigenvalue weighted by Gasteiger charge is 2.37. The Morgan fingerprint density at radius 1 is 1.44 bits per heavy atom. The van der Waals surface area contributed by atoms with Crippen molar-refractivity contribution in [2.75, 3.05) is 6.61 Å². The van der Waals surface area contributed by atoms with E-state index in [1.54, 1.807) is 6.92 Å². The lowest BCUT2D eigenvalue weighted by Gasteiger charge is -2.20. The van der Waals surface area contributed by atoms with Crippen LogP contribution in [-0.2, 0) is 23.8 Å². The minimum atomic E-state index is -0.675. The number of carbonyl (C=O) groups is 2. The Morgan fingerprint density at radius 3 is 2.88 bits per heavy atom. The quantitative estimate of drug-likeness (QED) is 0.592. The summed E-state index contributed by atoms with van der Waals surface area (Å²) in [5.41, 5.74) is 0.768. The third kappa shape index (κ3) is 6.13. The zero-order chi connectivity index (χ0) is 18.4. The molecule has 0 saturated carbocycles. The van der Waals surface area contributed by atoms with E-state index >= 15 is 0 Å². The van der Waals surface area contributed by atoms with Crippen molar-refractivity contribution >= 4 is 23.5 Å². The second-order valence-electron chi connectivity index (χ2n) is 6.42. The third-order valence-electron chi connectivity index (χ3n) is 4.39. The summed E-state index contributed by atoms with van der Waals surface area (Å²) in [5, 5.41) is 10.2. The fraction of sp³-hybridized carbons (Fsp3) is 0.667. The number of carbonyl (C=O) groups excluding carboxylic acids is 2. The zero-order valence-corrected chi connectivity index (χ0v) is 15.3. The van der Waals surface area contributed by atoms with Crippen LogP contribution in [0.3, 0.4) is 0 Å². The lowest BCUT2D eigenvalue weighted by atomic mass is 10.0. The number of rotatable bonds is 2. The first kappa shape index (κ1) is 19.9. The molecule has 0 aliphatic carbocycles. The summed E-state index contributed by atoms with van der Waals surface area (Å²) in [7, 11) is 0. The lowest BCUT2D eigenvalue weighted by molar-refractivity contribution is -0.158. The van der Waals surface area contributed by atoms with Gasteiger partial charge in [0.25, 0.3) is 0 Å². The fourth-order valence-electron chi connectivity index (χ4n) is 3.04. The van der Waals surface area contributed by atoms with Gasteiger partial charge in [-0.25, -0.2) is 0 Å². The maximum absolute atomic E-state index is 12.3. The summed E-state index contributed by atoms with van der Waals surface area (Å²) in [6.45, 7) is 2.89. The van der Waals surface area contributed by atoms with E-state index in [0.717, 1.165) is 10.6 Å². The van der Waals surface area contributed by atoms with Crippen molar-refractivity contribution in [3.8, 4) is 0 Å². The van der Waals surface area contributed by atoms with Crippen LogP contribution in [0.25, 0.3) is 0 Å². The van der Waals surface area contributed by atoms with Crippen LogP contribution in [0.4, 0.5) is 0 Å². The highest BCUT2D eigenvalue weighted by atomic mass is 35.5. The Bertz CT molecular complexity index is 556. The molecule has 0 unspecified atom stereocenters. The predicted octanol–water partition coefficient (Wildman–Crippen LogP) is 2.62. The molecule has 2 aliphatic heterocycles. The van der Waals surface area contributed by atoms with E-state index in [9.17, 15) is 14.7 Å². The summed E-state index contributed by atoms with van der Waals surface area (Å²) in [4.78, 5) is 23.6. The standard InChI is InChI=1S/C18H25ClO6/c1-11-4-3-5-13(19)6-7-14-8-16(17(10-20)24-14)25-18(22)9-15(11)23-12(2)21/h4-5,14-17,20H,3,6-10H2,1-2H3/b11-4-,13-5-/t14-,15-,16-,17-/m1/s1. The molecule has 2 rings (SSSR count). The Labute approximate surface area is 152 Å². The molecule has 1 saturated heterocycles. The second kappa shape index (κ2) is 9.36. The van der Waals surface area contributed by atoms with Gasteiger partial charge in [0.05, 0.1) is 19.1 Å². The van der Waals surface area contributed by atoms with Gasteiger partial charge in [-0.15, -0.1) is 0 Å². The van der Waals surface area contributed by atoms with E-state index in [-0.39, 0.29) is 19.1 Å². The van der Waals surface area contributed by atoms with Gasteiger partial charge in [0.1, 0.15) is 18.3 Å². The van der Waals surface area contributed by atoms with Gasteiger partial charge >= 0.3 is 11.9 Å². The van der Waals surface area contributed by atoms with Crippen LogP contribution in [0, 0.1) is 0 Å². The molecule has 0 aromatic heterocycles. The minimum Gasteiger partial charge on any atom is -0.459 e. The number of aliphatic hydroxyl groups excluding tert-OH is 1. The van der Waals surface area contributed by atoms with Crippen molar-refractivity contribution in [2.45, 2.75) is 70.4 Å². The summed E-state index contributed by atoms with van der Waals surface area (Å²) in [6.07, 6.45) is 4.36.